The number of anilines is 1. The number of imidazole rings is 1. The van der Waals surface area contributed by atoms with Gasteiger partial charge in [0, 0.05) is 12.1 Å². The van der Waals surface area contributed by atoms with E-state index in [9.17, 15) is 4.39 Å². The van der Waals surface area contributed by atoms with Crippen molar-refractivity contribution in [3.05, 3.63) is 66.1 Å². The van der Waals surface area contributed by atoms with Crippen LogP contribution in [0.2, 0.25) is 0 Å². The summed E-state index contributed by atoms with van der Waals surface area (Å²) in [7, 11) is 0. The molecule has 2 aromatic carbocycles. The first-order valence-electron chi connectivity index (χ1n) is 9.16. The summed E-state index contributed by atoms with van der Waals surface area (Å²) in [6, 6.07) is 16.0. The molecular weight excluding hydrogens is 389 g/mol. The molecule has 0 aliphatic heterocycles. The Kier molecular flexibility index (Phi) is 5.40. The molecule has 1 N–H and O–H groups in total. The van der Waals surface area contributed by atoms with E-state index in [4.69, 9.17) is 10.00 Å². The van der Waals surface area contributed by atoms with Crippen LogP contribution in [0.15, 0.2) is 54.7 Å². The molecule has 0 spiro atoms. The number of nitrogens with zero attached hydrogens (tertiary/aromatic N) is 4. The van der Waals surface area contributed by atoms with Crippen molar-refractivity contribution in [1.29, 1.82) is 5.26 Å². The number of nitrogens with one attached hydrogen (secondary N) is 1. The number of hydrogen-bond acceptors (Lipinski definition) is 6. The molecule has 1 unspecified atom stereocenters. The molecule has 2 aromatic heterocycles. The van der Waals surface area contributed by atoms with E-state index in [2.05, 4.69) is 21.5 Å². The molecule has 6 nitrogen and oxygen atoms in total. The minimum atomic E-state index is -0.444. The molecule has 0 saturated heterocycles. The fourth-order valence-corrected chi connectivity index (χ4v) is 3.58. The molecule has 8 heteroatoms. The molecule has 4 aromatic rings. The molecule has 0 bridgehead atoms. The Morgan fingerprint density at radius 3 is 2.83 bits per heavy atom. The second-order valence-corrected chi connectivity index (χ2v) is 7.37. The monoisotopic (exact) mass is 407 g/mol. The number of ether oxygens (including phenoxy) is 1. The Morgan fingerprint density at radius 1 is 1.28 bits per heavy atom. The van der Waals surface area contributed by atoms with Crippen LogP contribution in [-0.2, 0) is 6.54 Å². The molecule has 146 valence electrons. The van der Waals surface area contributed by atoms with Crippen LogP contribution in [0, 0.1) is 17.1 Å². The van der Waals surface area contributed by atoms with E-state index in [-0.39, 0.29) is 5.82 Å². The summed E-state index contributed by atoms with van der Waals surface area (Å²) in [5, 5.41) is 17.6. The first kappa shape index (κ1) is 18.9. The van der Waals surface area contributed by atoms with Crippen molar-refractivity contribution in [2.75, 3.05) is 5.32 Å². The molecule has 0 saturated carbocycles. The van der Waals surface area contributed by atoms with Gasteiger partial charge in [0.15, 0.2) is 6.10 Å². The largest absolute Gasteiger partial charge is 0.476 e. The highest BCUT2D eigenvalue weighted by Gasteiger charge is 2.10. The third-order valence-corrected chi connectivity index (χ3v) is 5.20. The third kappa shape index (κ3) is 4.36. The van der Waals surface area contributed by atoms with Crippen LogP contribution < -0.4 is 10.1 Å². The van der Waals surface area contributed by atoms with Gasteiger partial charge in [-0.3, -0.25) is 0 Å². The second-order valence-electron chi connectivity index (χ2n) is 6.41. The lowest BCUT2D eigenvalue weighted by Crippen LogP contribution is -2.12. The van der Waals surface area contributed by atoms with Crippen LogP contribution in [0.25, 0.3) is 16.2 Å². The van der Waals surface area contributed by atoms with E-state index in [1.807, 2.05) is 37.4 Å². The van der Waals surface area contributed by atoms with E-state index < -0.39 is 6.10 Å². The molecule has 0 fully saturated rings. The topological polar surface area (TPSA) is 75.2 Å². The number of aromatic nitrogens is 3. The molecule has 0 amide bonds. The zero-order valence-electron chi connectivity index (χ0n) is 15.7. The van der Waals surface area contributed by atoms with Gasteiger partial charge in [-0.1, -0.05) is 30.4 Å². The van der Waals surface area contributed by atoms with Crippen molar-refractivity contribution in [2.45, 2.75) is 26.0 Å². The van der Waals surface area contributed by atoms with Crippen LogP contribution in [-0.4, -0.2) is 20.7 Å². The number of fused-ring (bicyclic) bond motifs is 1. The molecule has 0 aliphatic carbocycles. The first-order valence-corrected chi connectivity index (χ1v) is 9.97. The number of nitriles is 1. The minimum Gasteiger partial charge on any atom is -0.476 e. The summed E-state index contributed by atoms with van der Waals surface area (Å²) in [6.45, 7) is 2.49. The fourth-order valence-electron chi connectivity index (χ4n) is 2.80. The van der Waals surface area contributed by atoms with Crippen molar-refractivity contribution < 1.29 is 9.13 Å². The normalized spacial score (nSPS) is 11.9. The van der Waals surface area contributed by atoms with Gasteiger partial charge in [-0.2, -0.15) is 5.26 Å². The molecule has 2 heterocycles. The molecule has 29 heavy (non-hydrogen) atoms. The Hall–Kier alpha value is -3.44. The standard InChI is InChI=1S/C21H18FN5OS/c1-2-17(11-23)28-18-5-3-4-14(10-18)12-24-20-26-27-13-19(25-21(27)29-20)15-6-8-16(22)9-7-15/h3-10,13,17H,2,12H2,1H3,(H,24,26). The second kappa shape index (κ2) is 8.29. The van der Waals surface area contributed by atoms with Crippen molar-refractivity contribution >= 4 is 21.4 Å². The van der Waals surface area contributed by atoms with E-state index in [0.717, 1.165) is 26.9 Å². The summed E-state index contributed by atoms with van der Waals surface area (Å²) >= 11 is 1.44. The highest BCUT2D eigenvalue weighted by molar-refractivity contribution is 7.20. The van der Waals surface area contributed by atoms with Crippen LogP contribution in [0.1, 0.15) is 18.9 Å². The molecule has 0 aliphatic rings. The van der Waals surface area contributed by atoms with Crippen molar-refractivity contribution in [2.24, 2.45) is 0 Å². The SMILES string of the molecule is CCC(C#N)Oc1cccc(CNc2nn3cc(-c4ccc(F)cc4)nc3s2)c1. The van der Waals surface area contributed by atoms with Crippen molar-refractivity contribution in [3.63, 3.8) is 0 Å². The lowest BCUT2D eigenvalue weighted by Gasteiger charge is -2.11. The van der Waals surface area contributed by atoms with E-state index >= 15 is 0 Å². The molecule has 4 rings (SSSR count). The van der Waals surface area contributed by atoms with Gasteiger partial charge in [-0.15, -0.1) is 5.10 Å². The molecule has 1 atom stereocenters. The lowest BCUT2D eigenvalue weighted by atomic mass is 10.2. The maximum Gasteiger partial charge on any atom is 0.214 e. The zero-order chi connectivity index (χ0) is 20.2. The van der Waals surface area contributed by atoms with Crippen LogP contribution in [0.5, 0.6) is 5.75 Å². The Bertz CT molecular complexity index is 1130. The maximum absolute atomic E-state index is 13.1. The summed E-state index contributed by atoms with van der Waals surface area (Å²) in [5.41, 5.74) is 2.62. The average molecular weight is 407 g/mol. The quantitative estimate of drug-likeness (QED) is 0.472. The molecular formula is C21H18FN5OS. The molecule has 0 radical (unpaired) electrons. The van der Waals surface area contributed by atoms with Crippen LogP contribution >= 0.6 is 11.3 Å². The summed E-state index contributed by atoms with van der Waals surface area (Å²) in [6.07, 6.45) is 2.02. The Balaban J connectivity index is 1.43. The van der Waals surface area contributed by atoms with Gasteiger partial charge in [0.05, 0.1) is 11.9 Å². The number of rotatable bonds is 7. The maximum atomic E-state index is 13.1. The van der Waals surface area contributed by atoms with E-state index in [1.165, 1.54) is 23.5 Å². The summed E-state index contributed by atoms with van der Waals surface area (Å²) in [5.74, 6) is 0.405. The summed E-state index contributed by atoms with van der Waals surface area (Å²) in [4.78, 5) is 5.31. The van der Waals surface area contributed by atoms with Gasteiger partial charge in [-0.25, -0.2) is 13.9 Å². The lowest BCUT2D eigenvalue weighted by molar-refractivity contribution is 0.251. The summed E-state index contributed by atoms with van der Waals surface area (Å²) < 4.78 is 20.5. The Labute approximate surface area is 171 Å². The first-order chi connectivity index (χ1) is 14.1. The number of halogens is 1. The van der Waals surface area contributed by atoms with Crippen LogP contribution in [0.3, 0.4) is 0 Å². The van der Waals surface area contributed by atoms with Gasteiger partial charge in [0.1, 0.15) is 17.6 Å². The van der Waals surface area contributed by atoms with Gasteiger partial charge >= 0.3 is 0 Å². The van der Waals surface area contributed by atoms with Crippen LogP contribution in [0.4, 0.5) is 9.52 Å². The minimum absolute atomic E-state index is 0.272. The predicted octanol–water partition coefficient (Wildman–Crippen LogP) is 4.89. The highest BCUT2D eigenvalue weighted by atomic mass is 32.1. The average Bonchev–Trinajstić information content (AvgIpc) is 3.30. The third-order valence-electron chi connectivity index (χ3n) is 4.32. The fraction of sp³-hybridized carbons (Fsp3) is 0.190. The van der Waals surface area contributed by atoms with Crippen molar-refractivity contribution in [3.8, 4) is 23.1 Å². The Morgan fingerprint density at radius 2 is 2.10 bits per heavy atom. The van der Waals surface area contributed by atoms with Gasteiger partial charge in [0.25, 0.3) is 0 Å². The predicted molar refractivity (Wildman–Crippen MR) is 110 cm³/mol. The van der Waals surface area contributed by atoms with Gasteiger partial charge in [-0.05, 0) is 48.4 Å². The van der Waals surface area contributed by atoms with Crippen molar-refractivity contribution in [1.82, 2.24) is 14.6 Å². The van der Waals surface area contributed by atoms with Gasteiger partial charge in [0.2, 0.25) is 10.1 Å². The highest BCUT2D eigenvalue weighted by Crippen LogP contribution is 2.25. The smallest absolute Gasteiger partial charge is 0.214 e. The van der Waals surface area contributed by atoms with E-state index in [1.54, 1.807) is 16.6 Å². The van der Waals surface area contributed by atoms with E-state index in [0.29, 0.717) is 18.7 Å². The van der Waals surface area contributed by atoms with Gasteiger partial charge < -0.3 is 10.1 Å². The zero-order valence-corrected chi connectivity index (χ0v) is 16.5. The number of hydrogen-bond donors (Lipinski definition) is 1. The number of benzene rings is 2.